The lowest BCUT2D eigenvalue weighted by Gasteiger charge is -2.01. The number of thiophene rings is 1. The van der Waals surface area contributed by atoms with Gasteiger partial charge in [0.15, 0.2) is 11.5 Å². The second-order valence-corrected chi connectivity index (χ2v) is 4.23. The molecule has 2 aromatic heterocycles. The maximum atomic E-state index is 11.4. The number of nitrogens with one attached hydrogen (secondary N) is 1. The molecular weight excluding hydrogens is 278 g/mol. The van der Waals surface area contributed by atoms with Crippen LogP contribution in [0.5, 0.6) is 5.75 Å². The first-order valence-corrected chi connectivity index (χ1v) is 5.58. The van der Waals surface area contributed by atoms with Gasteiger partial charge in [-0.2, -0.15) is 0 Å². The highest BCUT2D eigenvalue weighted by molar-refractivity contribution is 7.14. The fraction of sp³-hybridized carbons (Fsp3) is 0. The Labute approximate surface area is 107 Å². The second kappa shape index (κ2) is 4.49. The van der Waals surface area contributed by atoms with E-state index in [9.17, 15) is 24.8 Å². The lowest BCUT2D eigenvalue weighted by Crippen LogP contribution is -2.15. The molecule has 0 aliphatic carbocycles. The fourth-order valence-electron chi connectivity index (χ4n) is 1.35. The van der Waals surface area contributed by atoms with Crippen molar-refractivity contribution < 1.29 is 19.9 Å². The Morgan fingerprint density at radius 2 is 2.21 bits per heavy atom. The molecule has 0 saturated carbocycles. The van der Waals surface area contributed by atoms with Crippen molar-refractivity contribution in [1.29, 1.82) is 0 Å². The molecule has 19 heavy (non-hydrogen) atoms. The van der Waals surface area contributed by atoms with Crippen LogP contribution in [0.25, 0.3) is 10.7 Å². The van der Waals surface area contributed by atoms with Crippen LogP contribution in [0.2, 0.25) is 0 Å². The third-order valence-corrected chi connectivity index (χ3v) is 3.06. The van der Waals surface area contributed by atoms with Crippen molar-refractivity contribution in [1.82, 2.24) is 9.97 Å². The molecule has 0 radical (unpaired) electrons. The summed E-state index contributed by atoms with van der Waals surface area (Å²) in [6.45, 7) is 0. The number of aromatic carboxylic acids is 1. The average Bonchev–Trinajstić information content (AvgIpc) is 2.81. The van der Waals surface area contributed by atoms with Crippen molar-refractivity contribution >= 4 is 23.0 Å². The van der Waals surface area contributed by atoms with E-state index >= 15 is 0 Å². The largest absolute Gasteiger partial charge is 0.501 e. The average molecular weight is 283 g/mol. The fourth-order valence-corrected chi connectivity index (χ4v) is 2.15. The van der Waals surface area contributed by atoms with Crippen LogP contribution in [0.15, 0.2) is 16.2 Å². The zero-order valence-electron chi connectivity index (χ0n) is 8.98. The predicted octanol–water partition coefficient (Wildman–Crippen LogP) is 0.810. The van der Waals surface area contributed by atoms with E-state index in [1.165, 1.54) is 11.4 Å². The van der Waals surface area contributed by atoms with Gasteiger partial charge in [0.2, 0.25) is 5.75 Å². The summed E-state index contributed by atoms with van der Waals surface area (Å²) in [4.78, 5) is 37.9. The van der Waals surface area contributed by atoms with Gasteiger partial charge in [-0.05, 0) is 5.38 Å². The Morgan fingerprint density at radius 1 is 1.53 bits per heavy atom. The summed E-state index contributed by atoms with van der Waals surface area (Å²) in [5.74, 6) is -2.93. The van der Waals surface area contributed by atoms with E-state index in [0.29, 0.717) is 0 Å². The molecule has 0 aliphatic rings. The van der Waals surface area contributed by atoms with Gasteiger partial charge in [-0.3, -0.25) is 14.9 Å². The molecule has 0 aliphatic heterocycles. The molecule has 0 saturated heterocycles. The monoisotopic (exact) mass is 283 g/mol. The van der Waals surface area contributed by atoms with E-state index in [1.54, 1.807) is 0 Å². The van der Waals surface area contributed by atoms with Gasteiger partial charge in [-0.1, -0.05) is 0 Å². The third kappa shape index (κ3) is 2.15. The van der Waals surface area contributed by atoms with E-state index in [-0.39, 0.29) is 16.4 Å². The summed E-state index contributed by atoms with van der Waals surface area (Å²) < 4.78 is 0. The SMILES string of the molecule is O=C(O)c1nc(-c2sccc2[N+](=O)[O-])[nH]c(=O)c1O. The number of hydrogen-bond acceptors (Lipinski definition) is 7. The van der Waals surface area contributed by atoms with Gasteiger partial charge in [0.1, 0.15) is 4.88 Å². The maximum Gasteiger partial charge on any atom is 0.358 e. The topological polar surface area (TPSA) is 146 Å². The third-order valence-electron chi connectivity index (χ3n) is 2.15. The van der Waals surface area contributed by atoms with E-state index in [0.717, 1.165) is 11.3 Å². The highest BCUT2D eigenvalue weighted by Crippen LogP contribution is 2.32. The molecule has 98 valence electrons. The summed E-state index contributed by atoms with van der Waals surface area (Å²) in [5, 5.41) is 30.2. The molecule has 0 unspecified atom stereocenters. The van der Waals surface area contributed by atoms with E-state index in [2.05, 4.69) is 9.97 Å². The molecule has 0 fully saturated rings. The molecule has 3 N–H and O–H groups in total. The minimum Gasteiger partial charge on any atom is -0.501 e. The van der Waals surface area contributed by atoms with Gasteiger partial charge in [-0.15, -0.1) is 11.3 Å². The zero-order valence-corrected chi connectivity index (χ0v) is 9.80. The van der Waals surface area contributed by atoms with Gasteiger partial charge in [0, 0.05) is 6.07 Å². The van der Waals surface area contributed by atoms with Crippen molar-refractivity contribution in [3.63, 3.8) is 0 Å². The van der Waals surface area contributed by atoms with Crippen molar-refractivity contribution in [2.24, 2.45) is 0 Å². The number of carbonyl (C=O) groups is 1. The van der Waals surface area contributed by atoms with Gasteiger partial charge in [0.25, 0.3) is 11.2 Å². The summed E-state index contributed by atoms with van der Waals surface area (Å²) in [5.41, 5.74) is -2.25. The van der Waals surface area contributed by atoms with E-state index in [4.69, 9.17) is 5.11 Å². The highest BCUT2D eigenvalue weighted by Gasteiger charge is 2.23. The first kappa shape index (κ1) is 12.7. The number of aromatic hydroxyl groups is 1. The molecule has 2 heterocycles. The van der Waals surface area contributed by atoms with Crippen molar-refractivity contribution in [2.45, 2.75) is 0 Å². The highest BCUT2D eigenvalue weighted by atomic mass is 32.1. The van der Waals surface area contributed by atoms with Crippen LogP contribution in [0.3, 0.4) is 0 Å². The Morgan fingerprint density at radius 3 is 2.79 bits per heavy atom. The van der Waals surface area contributed by atoms with E-state index < -0.39 is 27.9 Å². The number of nitrogens with zero attached hydrogens (tertiary/aromatic N) is 2. The molecule has 2 aromatic rings. The molecule has 0 amide bonds. The molecule has 10 heteroatoms. The predicted molar refractivity (Wildman–Crippen MR) is 63.4 cm³/mol. The van der Waals surface area contributed by atoms with Crippen LogP contribution < -0.4 is 5.56 Å². The maximum absolute atomic E-state index is 11.4. The number of carboxylic acid groups (broad SMARTS) is 1. The van der Waals surface area contributed by atoms with Crippen LogP contribution >= 0.6 is 11.3 Å². The molecule has 0 bridgehead atoms. The summed E-state index contributed by atoms with van der Waals surface area (Å²) >= 11 is 0.917. The standard InChI is InChI=1S/C9H5N3O6S/c13-5-4(9(15)16)10-7(11-8(5)14)6-3(12(17)18)1-2-19-6/h1-2,13H,(H,15,16)(H,10,11,14). The molecule has 2 rings (SSSR count). The minimum absolute atomic E-state index is 0.00426. The normalized spacial score (nSPS) is 10.3. The molecule has 0 spiro atoms. The van der Waals surface area contributed by atoms with Gasteiger partial charge in [0.05, 0.1) is 4.92 Å². The number of rotatable bonds is 3. The lowest BCUT2D eigenvalue weighted by molar-refractivity contribution is -0.383. The number of carboxylic acids is 1. The quantitative estimate of drug-likeness (QED) is 0.557. The van der Waals surface area contributed by atoms with Gasteiger partial charge >= 0.3 is 5.97 Å². The van der Waals surface area contributed by atoms with Crippen molar-refractivity contribution in [2.75, 3.05) is 0 Å². The minimum atomic E-state index is -1.61. The first-order valence-electron chi connectivity index (χ1n) is 4.70. The zero-order chi connectivity index (χ0) is 14.2. The second-order valence-electron chi connectivity index (χ2n) is 3.31. The number of H-pyrrole nitrogens is 1. The van der Waals surface area contributed by atoms with Crippen LogP contribution in [0, 0.1) is 10.1 Å². The summed E-state index contributed by atoms with van der Waals surface area (Å²) in [6.07, 6.45) is 0. The lowest BCUT2D eigenvalue weighted by atomic mass is 10.3. The van der Waals surface area contributed by atoms with Gasteiger partial charge in [-0.25, -0.2) is 9.78 Å². The summed E-state index contributed by atoms with van der Waals surface area (Å²) in [6, 6.07) is 1.20. The molecule has 9 nitrogen and oxygen atoms in total. The number of aromatic amines is 1. The van der Waals surface area contributed by atoms with Gasteiger partial charge < -0.3 is 15.2 Å². The van der Waals surface area contributed by atoms with Crippen LogP contribution in [-0.4, -0.2) is 31.1 Å². The summed E-state index contributed by atoms with van der Waals surface area (Å²) in [7, 11) is 0. The van der Waals surface area contributed by atoms with Crippen LogP contribution in [0.4, 0.5) is 5.69 Å². The number of nitro groups is 1. The Kier molecular flexibility index (Phi) is 3.00. The van der Waals surface area contributed by atoms with Crippen LogP contribution in [-0.2, 0) is 0 Å². The number of aromatic nitrogens is 2. The molecule has 0 atom stereocenters. The van der Waals surface area contributed by atoms with Crippen molar-refractivity contribution in [3.8, 4) is 16.5 Å². The van der Waals surface area contributed by atoms with Crippen molar-refractivity contribution in [3.05, 3.63) is 37.6 Å². The number of hydrogen-bond donors (Lipinski definition) is 3. The molecule has 0 aromatic carbocycles. The Hall–Kier alpha value is -2.75. The smallest absolute Gasteiger partial charge is 0.358 e. The Bertz CT molecular complexity index is 734. The first-order chi connectivity index (χ1) is 8.91. The Balaban J connectivity index is 2.70. The molecular formula is C9H5N3O6S. The van der Waals surface area contributed by atoms with E-state index in [1.807, 2.05) is 0 Å². The van der Waals surface area contributed by atoms with Crippen LogP contribution in [0.1, 0.15) is 10.5 Å².